The molecule has 0 bridgehead atoms. The van der Waals surface area contributed by atoms with Gasteiger partial charge in [0.2, 0.25) is 0 Å². The van der Waals surface area contributed by atoms with Crippen LogP contribution in [0.1, 0.15) is 34.1 Å². The number of halogens is 1. The standard InChI is InChI=1S/C21H28ClN3O4/c1-5-15-9-28-17-8-14(22)6-7-16(17)25(15)18(26)23-10-21(11-23)12-24(13-21)19(27)29-20(2,3)4/h6-8,15H,5,9-13H2,1-4H3. The molecule has 1 aromatic rings. The van der Waals surface area contributed by atoms with Gasteiger partial charge in [-0.1, -0.05) is 18.5 Å². The number of hydrogen-bond donors (Lipinski definition) is 0. The van der Waals surface area contributed by atoms with Crippen LogP contribution in [-0.2, 0) is 4.74 Å². The maximum Gasteiger partial charge on any atom is 0.410 e. The number of nitrogens with zero attached hydrogens (tertiary/aromatic N) is 3. The van der Waals surface area contributed by atoms with E-state index in [0.717, 1.165) is 12.1 Å². The van der Waals surface area contributed by atoms with Gasteiger partial charge in [0.1, 0.15) is 18.0 Å². The Bertz CT molecular complexity index is 824. The molecule has 0 N–H and O–H groups in total. The van der Waals surface area contributed by atoms with Crippen LogP contribution >= 0.6 is 11.6 Å². The van der Waals surface area contributed by atoms with Crippen LogP contribution in [0.5, 0.6) is 5.75 Å². The van der Waals surface area contributed by atoms with Crippen LogP contribution in [0, 0.1) is 5.41 Å². The molecule has 8 heteroatoms. The van der Waals surface area contributed by atoms with Crippen molar-refractivity contribution in [1.82, 2.24) is 9.80 Å². The van der Waals surface area contributed by atoms with Gasteiger partial charge in [-0.25, -0.2) is 9.59 Å². The zero-order chi connectivity index (χ0) is 21.0. The molecule has 1 unspecified atom stereocenters. The second-order valence-electron chi connectivity index (χ2n) is 9.33. The number of ether oxygens (including phenoxy) is 2. The lowest BCUT2D eigenvalue weighted by Crippen LogP contribution is -2.75. The number of benzene rings is 1. The van der Waals surface area contributed by atoms with Crippen LogP contribution in [-0.4, -0.2) is 66.4 Å². The molecule has 0 radical (unpaired) electrons. The smallest absolute Gasteiger partial charge is 0.410 e. The molecule has 2 saturated heterocycles. The molecule has 1 aromatic carbocycles. The van der Waals surface area contributed by atoms with Crippen LogP contribution in [0.2, 0.25) is 5.02 Å². The first kappa shape index (κ1) is 20.1. The van der Waals surface area contributed by atoms with Crippen molar-refractivity contribution >= 4 is 29.4 Å². The van der Waals surface area contributed by atoms with E-state index in [1.807, 2.05) is 36.6 Å². The zero-order valence-electron chi connectivity index (χ0n) is 17.4. The summed E-state index contributed by atoms with van der Waals surface area (Å²) in [7, 11) is 0. The van der Waals surface area contributed by atoms with Gasteiger partial charge in [-0.05, 0) is 39.3 Å². The number of anilines is 1. The Labute approximate surface area is 176 Å². The number of hydrogen-bond acceptors (Lipinski definition) is 4. The van der Waals surface area contributed by atoms with Crippen LogP contribution in [0.25, 0.3) is 0 Å². The third-order valence-electron chi connectivity index (χ3n) is 5.68. The topological polar surface area (TPSA) is 62.3 Å². The number of rotatable bonds is 1. The summed E-state index contributed by atoms with van der Waals surface area (Å²) in [6.45, 7) is 10.7. The second kappa shape index (κ2) is 6.97. The minimum atomic E-state index is -0.497. The Morgan fingerprint density at radius 3 is 2.48 bits per heavy atom. The molecule has 2 fully saturated rings. The molecular weight excluding hydrogens is 394 g/mol. The fourth-order valence-electron chi connectivity index (χ4n) is 4.29. The minimum absolute atomic E-state index is 0.00336. The van der Waals surface area contributed by atoms with Crippen molar-refractivity contribution in [1.29, 1.82) is 0 Å². The average Bonchev–Trinajstić information content (AvgIpc) is 2.56. The first-order valence-corrected chi connectivity index (χ1v) is 10.5. The Kier molecular flexibility index (Phi) is 4.84. The van der Waals surface area contributed by atoms with Crippen molar-refractivity contribution in [2.45, 2.75) is 45.8 Å². The van der Waals surface area contributed by atoms with E-state index in [1.165, 1.54) is 0 Å². The van der Waals surface area contributed by atoms with Crippen LogP contribution in [0.3, 0.4) is 0 Å². The third-order valence-corrected chi connectivity index (χ3v) is 5.92. The number of carbonyl (C=O) groups is 2. The van der Waals surface area contributed by atoms with Crippen LogP contribution in [0.15, 0.2) is 18.2 Å². The molecular formula is C21H28ClN3O4. The summed E-state index contributed by atoms with van der Waals surface area (Å²) < 4.78 is 11.2. The minimum Gasteiger partial charge on any atom is -0.489 e. The molecule has 7 nitrogen and oxygen atoms in total. The van der Waals surface area contributed by atoms with E-state index in [9.17, 15) is 9.59 Å². The van der Waals surface area contributed by atoms with Crippen LogP contribution in [0.4, 0.5) is 15.3 Å². The zero-order valence-corrected chi connectivity index (χ0v) is 18.2. The van der Waals surface area contributed by atoms with Gasteiger partial charge in [0.05, 0.1) is 11.7 Å². The lowest BCUT2D eigenvalue weighted by molar-refractivity contribution is -0.0946. The molecule has 0 saturated carbocycles. The normalized spacial score (nSPS) is 22.4. The Hall–Kier alpha value is -2.15. The largest absolute Gasteiger partial charge is 0.489 e. The summed E-state index contributed by atoms with van der Waals surface area (Å²) in [6.07, 6.45) is 0.525. The quantitative estimate of drug-likeness (QED) is 0.687. The summed E-state index contributed by atoms with van der Waals surface area (Å²) >= 11 is 6.08. The number of fused-ring (bicyclic) bond motifs is 1. The molecule has 3 aliphatic heterocycles. The van der Waals surface area contributed by atoms with Gasteiger partial charge < -0.3 is 19.3 Å². The molecule has 1 atom stereocenters. The molecule has 3 heterocycles. The molecule has 3 amide bonds. The number of amides is 3. The average molecular weight is 422 g/mol. The highest BCUT2D eigenvalue weighted by Gasteiger charge is 2.56. The second-order valence-corrected chi connectivity index (χ2v) is 9.77. The first-order chi connectivity index (χ1) is 13.6. The number of likely N-dealkylation sites (tertiary alicyclic amines) is 2. The van der Waals surface area contributed by atoms with Crippen molar-refractivity contribution in [2.75, 3.05) is 37.7 Å². The summed E-state index contributed by atoms with van der Waals surface area (Å²) in [5.74, 6) is 0.644. The van der Waals surface area contributed by atoms with Crippen molar-refractivity contribution < 1.29 is 19.1 Å². The Morgan fingerprint density at radius 2 is 1.86 bits per heavy atom. The van der Waals surface area contributed by atoms with Crippen molar-refractivity contribution in [3.05, 3.63) is 23.2 Å². The van der Waals surface area contributed by atoms with Gasteiger partial charge in [-0.3, -0.25) is 4.90 Å². The van der Waals surface area contributed by atoms with Crippen LogP contribution < -0.4 is 9.64 Å². The molecule has 4 rings (SSSR count). The molecule has 158 valence electrons. The van der Waals surface area contributed by atoms with Crippen molar-refractivity contribution in [3.63, 3.8) is 0 Å². The predicted octanol–water partition coefficient (Wildman–Crippen LogP) is 3.99. The van der Waals surface area contributed by atoms with Gasteiger partial charge >= 0.3 is 12.1 Å². The molecule has 0 aliphatic carbocycles. The SMILES string of the molecule is CCC1COc2cc(Cl)ccc2N1C(=O)N1CC2(CN(C(=O)OC(C)(C)C)C2)C1. The monoisotopic (exact) mass is 421 g/mol. The third kappa shape index (κ3) is 3.72. The van der Waals surface area contributed by atoms with Gasteiger partial charge in [0, 0.05) is 42.7 Å². The highest BCUT2D eigenvalue weighted by molar-refractivity contribution is 6.30. The van der Waals surface area contributed by atoms with E-state index in [1.54, 1.807) is 17.0 Å². The lowest BCUT2D eigenvalue weighted by atomic mass is 9.73. The fourth-order valence-corrected chi connectivity index (χ4v) is 4.45. The van der Waals surface area contributed by atoms with E-state index >= 15 is 0 Å². The van der Waals surface area contributed by atoms with E-state index in [4.69, 9.17) is 21.1 Å². The van der Waals surface area contributed by atoms with Gasteiger partial charge in [0.25, 0.3) is 0 Å². The summed E-state index contributed by atoms with van der Waals surface area (Å²) in [6, 6.07) is 5.37. The molecule has 0 aromatic heterocycles. The highest BCUT2D eigenvalue weighted by Crippen LogP contribution is 2.43. The van der Waals surface area contributed by atoms with E-state index < -0.39 is 5.60 Å². The molecule has 3 aliphatic rings. The van der Waals surface area contributed by atoms with Crippen molar-refractivity contribution in [2.24, 2.45) is 5.41 Å². The first-order valence-electron chi connectivity index (χ1n) is 10.1. The summed E-state index contributed by atoms with van der Waals surface area (Å²) in [4.78, 5) is 30.9. The van der Waals surface area contributed by atoms with E-state index in [2.05, 4.69) is 6.92 Å². The maximum atomic E-state index is 13.3. The fraction of sp³-hybridized carbons (Fsp3) is 0.619. The van der Waals surface area contributed by atoms with Gasteiger partial charge in [-0.15, -0.1) is 0 Å². The molecule has 29 heavy (non-hydrogen) atoms. The highest BCUT2D eigenvalue weighted by atomic mass is 35.5. The summed E-state index contributed by atoms with van der Waals surface area (Å²) in [5.41, 5.74) is 0.273. The Balaban J connectivity index is 1.39. The van der Waals surface area contributed by atoms with E-state index in [0.29, 0.717) is 43.6 Å². The number of urea groups is 1. The van der Waals surface area contributed by atoms with E-state index in [-0.39, 0.29) is 23.6 Å². The van der Waals surface area contributed by atoms with Gasteiger partial charge in [-0.2, -0.15) is 0 Å². The maximum absolute atomic E-state index is 13.3. The molecule has 1 spiro atoms. The summed E-state index contributed by atoms with van der Waals surface area (Å²) in [5, 5.41) is 0.589. The Morgan fingerprint density at radius 1 is 1.21 bits per heavy atom. The van der Waals surface area contributed by atoms with Gasteiger partial charge in [0.15, 0.2) is 0 Å². The number of carbonyl (C=O) groups excluding carboxylic acids is 2. The lowest BCUT2D eigenvalue weighted by Gasteiger charge is -2.60. The van der Waals surface area contributed by atoms with Crippen molar-refractivity contribution in [3.8, 4) is 5.75 Å². The predicted molar refractivity (Wildman–Crippen MR) is 111 cm³/mol.